The molecule has 4 rings (SSSR count). The van der Waals surface area contributed by atoms with Crippen molar-refractivity contribution in [1.29, 1.82) is 0 Å². The number of carbonyl (C=O) groups excluding carboxylic acids is 2. The molecule has 2 aliphatic rings. The second kappa shape index (κ2) is 9.64. The molecule has 0 bridgehead atoms. The largest absolute Gasteiger partial charge is 0.445 e. The molecule has 14 heteroatoms. The molecule has 1 aromatic carbocycles. The smallest absolute Gasteiger partial charge is 0.416 e. The van der Waals surface area contributed by atoms with E-state index >= 15 is 0 Å². The van der Waals surface area contributed by atoms with Crippen molar-refractivity contribution in [2.45, 2.75) is 50.9 Å². The molecule has 36 heavy (non-hydrogen) atoms. The zero-order valence-electron chi connectivity index (χ0n) is 18.9. The van der Waals surface area contributed by atoms with E-state index in [2.05, 4.69) is 5.10 Å². The second-order valence-electron chi connectivity index (χ2n) is 8.76. The van der Waals surface area contributed by atoms with Crippen LogP contribution in [-0.4, -0.2) is 57.3 Å². The van der Waals surface area contributed by atoms with Crippen molar-refractivity contribution in [2.24, 2.45) is 5.73 Å². The summed E-state index contributed by atoms with van der Waals surface area (Å²) < 4.78 is 84.8. The SMILES string of the molecule is NC1CCN(C(=O)c2cc3n(n2)CCN(C(=O)OCc2cc(C(F)(F)F)cc(C(F)(F)F)c2)C3)CC1. The normalized spacial score (nSPS) is 17.2. The number of benzene rings is 1. The number of nitrogens with zero attached hydrogens (tertiary/aromatic N) is 4. The maximum absolute atomic E-state index is 13.0. The summed E-state index contributed by atoms with van der Waals surface area (Å²) in [6.07, 6.45) is -9.53. The summed E-state index contributed by atoms with van der Waals surface area (Å²) in [6, 6.07) is 2.64. The van der Waals surface area contributed by atoms with Crippen LogP contribution < -0.4 is 5.73 Å². The fourth-order valence-electron chi connectivity index (χ4n) is 4.13. The zero-order chi connectivity index (χ0) is 26.3. The molecule has 0 aliphatic carbocycles. The number of amides is 2. The number of fused-ring (bicyclic) bond motifs is 1. The van der Waals surface area contributed by atoms with Gasteiger partial charge in [-0.2, -0.15) is 31.4 Å². The molecule has 0 unspecified atom stereocenters. The van der Waals surface area contributed by atoms with Crippen molar-refractivity contribution >= 4 is 12.0 Å². The Morgan fingerprint density at radius 2 is 1.53 bits per heavy atom. The van der Waals surface area contributed by atoms with Crippen LogP contribution in [0.3, 0.4) is 0 Å². The first-order chi connectivity index (χ1) is 16.8. The molecule has 8 nitrogen and oxygen atoms in total. The van der Waals surface area contributed by atoms with Gasteiger partial charge < -0.3 is 20.3 Å². The highest BCUT2D eigenvalue weighted by atomic mass is 19.4. The number of rotatable bonds is 3. The Morgan fingerprint density at radius 3 is 2.11 bits per heavy atom. The quantitative estimate of drug-likeness (QED) is 0.626. The van der Waals surface area contributed by atoms with Gasteiger partial charge in [0.1, 0.15) is 6.61 Å². The monoisotopic (exact) mass is 519 g/mol. The molecular weight excluding hydrogens is 496 g/mol. The van der Waals surface area contributed by atoms with E-state index in [1.807, 2.05) is 0 Å². The molecule has 1 fully saturated rings. The van der Waals surface area contributed by atoms with Crippen molar-refractivity contribution in [3.05, 3.63) is 52.3 Å². The lowest BCUT2D eigenvalue weighted by Gasteiger charge is -2.29. The first-order valence-corrected chi connectivity index (χ1v) is 11.1. The molecule has 0 radical (unpaired) electrons. The third kappa shape index (κ3) is 5.74. The third-order valence-electron chi connectivity index (χ3n) is 6.11. The average molecular weight is 519 g/mol. The molecule has 0 spiro atoms. The summed E-state index contributed by atoms with van der Waals surface area (Å²) in [5, 5.41) is 4.30. The molecule has 1 saturated heterocycles. The van der Waals surface area contributed by atoms with Crippen LogP contribution in [-0.2, 0) is 36.8 Å². The van der Waals surface area contributed by atoms with E-state index in [4.69, 9.17) is 10.5 Å². The van der Waals surface area contributed by atoms with Gasteiger partial charge in [-0.25, -0.2) is 4.79 Å². The number of hydrogen-bond acceptors (Lipinski definition) is 5. The van der Waals surface area contributed by atoms with Gasteiger partial charge in [-0.3, -0.25) is 9.48 Å². The second-order valence-corrected chi connectivity index (χ2v) is 8.76. The van der Waals surface area contributed by atoms with Crippen LogP contribution >= 0.6 is 0 Å². The van der Waals surface area contributed by atoms with Crippen LogP contribution in [0.4, 0.5) is 31.1 Å². The highest BCUT2D eigenvalue weighted by molar-refractivity contribution is 5.92. The average Bonchev–Trinajstić information content (AvgIpc) is 3.24. The van der Waals surface area contributed by atoms with E-state index in [0.29, 0.717) is 43.8 Å². The van der Waals surface area contributed by atoms with Crippen LogP contribution in [0, 0.1) is 0 Å². The summed E-state index contributed by atoms with van der Waals surface area (Å²) in [7, 11) is 0. The number of alkyl halides is 6. The Balaban J connectivity index is 1.40. The maximum Gasteiger partial charge on any atom is 0.416 e. The topological polar surface area (TPSA) is 93.7 Å². The van der Waals surface area contributed by atoms with Gasteiger partial charge in [0.2, 0.25) is 0 Å². The van der Waals surface area contributed by atoms with Gasteiger partial charge in [0.05, 0.1) is 29.9 Å². The van der Waals surface area contributed by atoms with Crippen molar-refractivity contribution in [3.63, 3.8) is 0 Å². The number of aromatic nitrogens is 2. The van der Waals surface area contributed by atoms with E-state index in [-0.39, 0.29) is 43.3 Å². The van der Waals surface area contributed by atoms with Crippen LogP contribution in [0.5, 0.6) is 0 Å². The fraction of sp³-hybridized carbons (Fsp3) is 0.500. The van der Waals surface area contributed by atoms with Crippen LogP contribution in [0.1, 0.15) is 45.7 Å². The molecule has 0 atom stereocenters. The van der Waals surface area contributed by atoms with Crippen molar-refractivity contribution in [2.75, 3.05) is 19.6 Å². The van der Waals surface area contributed by atoms with Gasteiger partial charge in [-0.1, -0.05) is 0 Å². The van der Waals surface area contributed by atoms with Gasteiger partial charge in [-0.15, -0.1) is 0 Å². The Morgan fingerprint density at radius 1 is 0.917 bits per heavy atom. The number of nitrogens with two attached hydrogens (primary N) is 1. The van der Waals surface area contributed by atoms with E-state index < -0.39 is 41.7 Å². The Labute approximate surface area is 201 Å². The Bertz CT molecular complexity index is 1110. The minimum absolute atomic E-state index is 0.00817. The van der Waals surface area contributed by atoms with Crippen LogP contribution in [0.2, 0.25) is 0 Å². The number of ether oxygens (including phenoxy) is 1. The van der Waals surface area contributed by atoms with E-state index in [9.17, 15) is 35.9 Å². The first-order valence-electron chi connectivity index (χ1n) is 11.1. The number of carbonyl (C=O) groups is 2. The lowest BCUT2D eigenvalue weighted by molar-refractivity contribution is -0.143. The molecule has 196 valence electrons. The van der Waals surface area contributed by atoms with Gasteiger partial charge in [0.15, 0.2) is 5.69 Å². The van der Waals surface area contributed by atoms with Gasteiger partial charge in [-0.05, 0) is 42.7 Å². The maximum atomic E-state index is 13.0. The number of piperidine rings is 1. The highest BCUT2D eigenvalue weighted by Crippen LogP contribution is 2.36. The van der Waals surface area contributed by atoms with Crippen LogP contribution in [0.25, 0.3) is 0 Å². The fourth-order valence-corrected chi connectivity index (χ4v) is 4.13. The summed E-state index contributed by atoms with van der Waals surface area (Å²) in [4.78, 5) is 28.1. The minimum atomic E-state index is -5.00. The lowest BCUT2D eigenvalue weighted by Crippen LogP contribution is -2.43. The molecule has 2 aromatic rings. The molecule has 2 amide bonds. The third-order valence-corrected chi connectivity index (χ3v) is 6.11. The van der Waals surface area contributed by atoms with Gasteiger partial charge in [0.25, 0.3) is 5.91 Å². The number of hydrogen-bond donors (Lipinski definition) is 1. The molecule has 1 aromatic heterocycles. The Kier molecular flexibility index (Phi) is 6.90. The number of likely N-dealkylation sites (tertiary alicyclic amines) is 1. The predicted octanol–water partition coefficient (Wildman–Crippen LogP) is 3.64. The first kappa shape index (κ1) is 25.8. The van der Waals surface area contributed by atoms with E-state index in [1.54, 1.807) is 15.6 Å². The van der Waals surface area contributed by atoms with Crippen molar-refractivity contribution in [3.8, 4) is 0 Å². The van der Waals surface area contributed by atoms with Crippen LogP contribution in [0.15, 0.2) is 24.3 Å². The highest BCUT2D eigenvalue weighted by Gasteiger charge is 2.37. The van der Waals surface area contributed by atoms with Crippen molar-refractivity contribution in [1.82, 2.24) is 19.6 Å². The molecule has 0 saturated carbocycles. The lowest BCUT2D eigenvalue weighted by atomic mass is 10.1. The zero-order valence-corrected chi connectivity index (χ0v) is 18.9. The predicted molar refractivity (Wildman–Crippen MR) is 112 cm³/mol. The summed E-state index contributed by atoms with van der Waals surface area (Å²) in [5.74, 6) is -0.247. The summed E-state index contributed by atoms with van der Waals surface area (Å²) >= 11 is 0. The Hall–Kier alpha value is -3.29. The standard InChI is InChI=1S/C22H23F6N5O3/c23-21(24,25)14-7-13(8-15(9-14)22(26,27)28)12-36-20(35)32-5-6-33-17(11-32)10-18(30-33)19(34)31-3-1-16(29)2-4-31/h7-10,16H,1-6,11-12,29H2. The summed E-state index contributed by atoms with van der Waals surface area (Å²) in [5.41, 5.74) is 3.22. The van der Waals surface area contributed by atoms with Gasteiger partial charge >= 0.3 is 18.4 Å². The van der Waals surface area contributed by atoms with Gasteiger partial charge in [0, 0.05) is 25.7 Å². The molecule has 3 heterocycles. The van der Waals surface area contributed by atoms with E-state index in [0.717, 1.165) is 0 Å². The molecule has 2 aliphatic heterocycles. The molecular formula is C22H23F6N5O3. The van der Waals surface area contributed by atoms with E-state index in [1.165, 1.54) is 4.90 Å². The summed E-state index contributed by atoms with van der Waals surface area (Å²) in [6.45, 7) is 0.655. The molecule has 2 N–H and O–H groups in total. The van der Waals surface area contributed by atoms with Crippen molar-refractivity contribution < 1.29 is 40.7 Å². The minimum Gasteiger partial charge on any atom is -0.445 e. The number of halogens is 6.